The van der Waals surface area contributed by atoms with E-state index in [0.717, 1.165) is 21.5 Å². The van der Waals surface area contributed by atoms with Crippen LogP contribution >= 0.6 is 27.5 Å². The number of hydrogen-bond donors (Lipinski definition) is 1. The second-order valence-corrected chi connectivity index (χ2v) is 5.45. The van der Waals surface area contributed by atoms with Gasteiger partial charge in [0, 0.05) is 16.0 Å². The first-order chi connectivity index (χ1) is 9.60. The van der Waals surface area contributed by atoms with Gasteiger partial charge in [-0.2, -0.15) is 0 Å². The average Bonchev–Trinajstić information content (AvgIpc) is 2.41. The highest BCUT2D eigenvalue weighted by molar-refractivity contribution is 9.10. The summed E-state index contributed by atoms with van der Waals surface area (Å²) < 4.78 is 19.3. The van der Waals surface area contributed by atoms with E-state index in [1.54, 1.807) is 12.1 Å². The van der Waals surface area contributed by atoms with Crippen LogP contribution < -0.4 is 10.1 Å². The van der Waals surface area contributed by atoms with Crippen LogP contribution in [-0.4, -0.2) is 6.61 Å². The molecule has 0 fully saturated rings. The summed E-state index contributed by atoms with van der Waals surface area (Å²) in [6.07, 6.45) is 0. The van der Waals surface area contributed by atoms with Crippen molar-refractivity contribution in [1.29, 1.82) is 0 Å². The predicted molar refractivity (Wildman–Crippen MR) is 84.0 cm³/mol. The van der Waals surface area contributed by atoms with Crippen LogP contribution in [0.15, 0.2) is 40.9 Å². The molecule has 0 unspecified atom stereocenters. The van der Waals surface area contributed by atoms with E-state index in [2.05, 4.69) is 21.2 Å². The Morgan fingerprint density at radius 2 is 2.05 bits per heavy atom. The fraction of sp³-hybridized carbons (Fsp3) is 0.200. The molecular formula is C15H14BrClFNO. The molecule has 20 heavy (non-hydrogen) atoms. The lowest BCUT2D eigenvalue weighted by Gasteiger charge is -2.13. The number of benzene rings is 2. The van der Waals surface area contributed by atoms with E-state index in [1.165, 1.54) is 12.1 Å². The molecule has 2 aromatic carbocycles. The quantitative estimate of drug-likeness (QED) is 0.788. The van der Waals surface area contributed by atoms with Crippen molar-refractivity contribution >= 4 is 33.2 Å². The lowest BCUT2D eigenvalue weighted by Crippen LogP contribution is -2.03. The van der Waals surface area contributed by atoms with Gasteiger partial charge in [-0.15, -0.1) is 0 Å². The molecule has 2 nitrogen and oxygen atoms in total. The summed E-state index contributed by atoms with van der Waals surface area (Å²) in [7, 11) is 0. The van der Waals surface area contributed by atoms with Crippen LogP contribution in [0.1, 0.15) is 12.5 Å². The molecule has 0 aliphatic rings. The molecule has 0 atom stereocenters. The Hall–Kier alpha value is -1.26. The van der Waals surface area contributed by atoms with Gasteiger partial charge in [-0.3, -0.25) is 0 Å². The van der Waals surface area contributed by atoms with Crippen LogP contribution in [0.3, 0.4) is 0 Å². The smallest absolute Gasteiger partial charge is 0.142 e. The third-order valence-electron chi connectivity index (χ3n) is 2.73. The number of rotatable bonds is 5. The largest absolute Gasteiger partial charge is 0.492 e. The number of nitrogens with one attached hydrogen (secondary N) is 1. The first-order valence-corrected chi connectivity index (χ1v) is 7.37. The first kappa shape index (κ1) is 15.1. The van der Waals surface area contributed by atoms with Gasteiger partial charge in [0.05, 0.1) is 12.3 Å². The van der Waals surface area contributed by atoms with E-state index in [9.17, 15) is 4.39 Å². The number of ether oxygens (including phenoxy) is 1. The van der Waals surface area contributed by atoms with Gasteiger partial charge >= 0.3 is 0 Å². The molecular weight excluding hydrogens is 345 g/mol. The van der Waals surface area contributed by atoms with Gasteiger partial charge in [-0.05, 0) is 42.8 Å². The minimum atomic E-state index is -0.265. The minimum Gasteiger partial charge on any atom is -0.492 e. The number of hydrogen-bond acceptors (Lipinski definition) is 2. The molecule has 0 aromatic heterocycles. The highest BCUT2D eigenvalue weighted by atomic mass is 79.9. The molecule has 0 heterocycles. The molecule has 0 spiro atoms. The van der Waals surface area contributed by atoms with E-state index >= 15 is 0 Å². The fourth-order valence-corrected chi connectivity index (χ4v) is 2.44. The van der Waals surface area contributed by atoms with E-state index in [1.807, 2.05) is 19.1 Å². The maximum atomic E-state index is 13.0. The highest BCUT2D eigenvalue weighted by Gasteiger charge is 2.06. The molecule has 0 bridgehead atoms. The van der Waals surface area contributed by atoms with Crippen molar-refractivity contribution in [2.75, 3.05) is 11.9 Å². The monoisotopic (exact) mass is 357 g/mol. The molecule has 2 rings (SSSR count). The fourth-order valence-electron chi connectivity index (χ4n) is 1.78. The highest BCUT2D eigenvalue weighted by Crippen LogP contribution is 2.29. The van der Waals surface area contributed by atoms with E-state index < -0.39 is 0 Å². The second kappa shape index (κ2) is 6.95. The minimum absolute atomic E-state index is 0.265. The van der Waals surface area contributed by atoms with Gasteiger partial charge in [0.2, 0.25) is 0 Å². The Morgan fingerprint density at radius 1 is 1.25 bits per heavy atom. The zero-order valence-corrected chi connectivity index (χ0v) is 13.3. The standard InChI is InChI=1S/C15H14BrClFNO/c1-2-20-15-6-4-11(17)7-14(15)19-9-10-3-5-12(18)8-13(10)16/h3-8,19H,2,9H2,1H3. The van der Waals surface area contributed by atoms with Gasteiger partial charge in [-0.25, -0.2) is 4.39 Å². The molecule has 0 radical (unpaired) electrons. The summed E-state index contributed by atoms with van der Waals surface area (Å²) in [5, 5.41) is 3.89. The Labute approximate surface area is 131 Å². The van der Waals surface area contributed by atoms with Crippen LogP contribution in [0.2, 0.25) is 5.02 Å². The zero-order valence-electron chi connectivity index (χ0n) is 10.9. The average molecular weight is 359 g/mol. The van der Waals surface area contributed by atoms with Crippen molar-refractivity contribution in [3.8, 4) is 5.75 Å². The van der Waals surface area contributed by atoms with Crippen LogP contribution in [0, 0.1) is 5.82 Å². The maximum absolute atomic E-state index is 13.0. The number of halogens is 3. The Balaban J connectivity index is 2.15. The van der Waals surface area contributed by atoms with Crippen molar-refractivity contribution in [3.63, 3.8) is 0 Å². The lowest BCUT2D eigenvalue weighted by molar-refractivity contribution is 0.341. The van der Waals surface area contributed by atoms with Gasteiger partial charge in [0.15, 0.2) is 0 Å². The summed E-state index contributed by atoms with van der Waals surface area (Å²) >= 11 is 9.34. The predicted octanol–water partition coefficient (Wildman–Crippen LogP) is 5.25. The summed E-state index contributed by atoms with van der Waals surface area (Å²) in [5.41, 5.74) is 1.77. The normalized spacial score (nSPS) is 10.4. The summed E-state index contributed by atoms with van der Waals surface area (Å²) in [6, 6.07) is 10.0. The van der Waals surface area contributed by atoms with Gasteiger partial charge in [-0.1, -0.05) is 33.6 Å². The summed E-state index contributed by atoms with van der Waals surface area (Å²) in [4.78, 5) is 0. The van der Waals surface area contributed by atoms with Crippen molar-refractivity contribution in [2.24, 2.45) is 0 Å². The first-order valence-electron chi connectivity index (χ1n) is 6.20. The molecule has 0 amide bonds. The van der Waals surface area contributed by atoms with Gasteiger partial charge < -0.3 is 10.1 Å². The van der Waals surface area contributed by atoms with Gasteiger partial charge in [0.25, 0.3) is 0 Å². The van der Waals surface area contributed by atoms with Crippen molar-refractivity contribution in [2.45, 2.75) is 13.5 Å². The third-order valence-corrected chi connectivity index (χ3v) is 3.70. The van der Waals surface area contributed by atoms with E-state index in [4.69, 9.17) is 16.3 Å². The van der Waals surface area contributed by atoms with Crippen molar-refractivity contribution in [3.05, 3.63) is 57.3 Å². The molecule has 5 heteroatoms. The molecule has 0 aliphatic heterocycles. The molecule has 0 saturated heterocycles. The molecule has 106 valence electrons. The molecule has 2 aromatic rings. The SMILES string of the molecule is CCOc1ccc(Cl)cc1NCc1ccc(F)cc1Br. The summed E-state index contributed by atoms with van der Waals surface area (Å²) in [5.74, 6) is 0.480. The van der Waals surface area contributed by atoms with E-state index in [-0.39, 0.29) is 5.82 Å². The maximum Gasteiger partial charge on any atom is 0.142 e. The molecule has 1 N–H and O–H groups in total. The van der Waals surface area contributed by atoms with Crippen molar-refractivity contribution < 1.29 is 9.13 Å². The van der Waals surface area contributed by atoms with Crippen LogP contribution in [0.5, 0.6) is 5.75 Å². The van der Waals surface area contributed by atoms with Crippen LogP contribution in [-0.2, 0) is 6.54 Å². The van der Waals surface area contributed by atoms with Gasteiger partial charge in [0.1, 0.15) is 11.6 Å². The van der Waals surface area contributed by atoms with E-state index in [0.29, 0.717) is 18.2 Å². The third kappa shape index (κ3) is 3.87. The van der Waals surface area contributed by atoms with Crippen LogP contribution in [0.25, 0.3) is 0 Å². The Kier molecular flexibility index (Phi) is 5.26. The molecule has 0 aliphatic carbocycles. The summed E-state index contributed by atoms with van der Waals surface area (Å²) in [6.45, 7) is 3.05. The van der Waals surface area contributed by atoms with Crippen LogP contribution in [0.4, 0.5) is 10.1 Å². The molecule has 0 saturated carbocycles. The topological polar surface area (TPSA) is 21.3 Å². The van der Waals surface area contributed by atoms with Crippen molar-refractivity contribution in [1.82, 2.24) is 0 Å². The zero-order chi connectivity index (χ0) is 14.5. The number of anilines is 1. The lowest BCUT2D eigenvalue weighted by atomic mass is 10.2. The Bertz CT molecular complexity index is 606. The second-order valence-electron chi connectivity index (χ2n) is 4.16. The Morgan fingerprint density at radius 3 is 2.75 bits per heavy atom.